The average molecular weight is 383 g/mol. The third kappa shape index (κ3) is 5.76. The molecule has 0 aliphatic heterocycles. The zero-order valence-corrected chi connectivity index (χ0v) is 14.1. The molecule has 3 heteroatoms. The molecule has 1 rings (SSSR count). The maximum atomic E-state index is 6.45. The van der Waals surface area contributed by atoms with E-state index in [1.54, 1.807) is 0 Å². The molecule has 0 saturated carbocycles. The van der Waals surface area contributed by atoms with E-state index in [1.807, 2.05) is 12.1 Å². The molecule has 1 unspecified atom stereocenters. The normalized spacial score (nSPS) is 12.7. The smallest absolute Gasteiger partial charge is 0.0596 e. The first-order valence-corrected chi connectivity index (χ1v) is 8.26. The van der Waals surface area contributed by atoms with E-state index in [1.165, 1.54) is 37.7 Å². The second kappa shape index (κ2) is 8.55. The van der Waals surface area contributed by atoms with Gasteiger partial charge in [-0.2, -0.15) is 0 Å². The summed E-state index contributed by atoms with van der Waals surface area (Å²) in [7, 11) is 0. The number of hydrogen-bond acceptors (Lipinski definition) is 0. The minimum atomic E-state index is 0.114. The molecule has 0 aromatic heterocycles. The van der Waals surface area contributed by atoms with E-state index >= 15 is 0 Å². The molecule has 96 valence electrons. The monoisotopic (exact) mass is 380 g/mol. The molecular formula is C14H19Br2Cl. The SMILES string of the molecule is CCCCCCCC(Cl)c1cc(Br)ccc1Br. The van der Waals surface area contributed by atoms with Crippen LogP contribution in [0, 0.1) is 0 Å². The van der Waals surface area contributed by atoms with Crippen molar-refractivity contribution in [2.75, 3.05) is 0 Å². The van der Waals surface area contributed by atoms with Crippen molar-refractivity contribution in [2.24, 2.45) is 0 Å². The summed E-state index contributed by atoms with van der Waals surface area (Å²) in [6.45, 7) is 2.24. The molecule has 17 heavy (non-hydrogen) atoms. The number of alkyl halides is 1. The van der Waals surface area contributed by atoms with Gasteiger partial charge in [0.25, 0.3) is 0 Å². The van der Waals surface area contributed by atoms with E-state index in [0.717, 1.165) is 15.4 Å². The summed E-state index contributed by atoms with van der Waals surface area (Å²) < 4.78 is 2.20. The van der Waals surface area contributed by atoms with E-state index in [9.17, 15) is 0 Å². The van der Waals surface area contributed by atoms with Crippen molar-refractivity contribution in [2.45, 2.75) is 50.8 Å². The summed E-state index contributed by atoms with van der Waals surface area (Å²) in [5.74, 6) is 0. The molecule has 1 atom stereocenters. The highest BCUT2D eigenvalue weighted by atomic mass is 79.9. The van der Waals surface area contributed by atoms with Crippen LogP contribution >= 0.6 is 43.5 Å². The molecule has 0 heterocycles. The molecular weight excluding hydrogens is 363 g/mol. The van der Waals surface area contributed by atoms with Gasteiger partial charge in [-0.05, 0) is 30.2 Å². The fourth-order valence-corrected chi connectivity index (χ4v) is 3.21. The Kier molecular flexibility index (Phi) is 7.81. The Hall–Kier alpha value is 0.470. The highest BCUT2D eigenvalue weighted by Crippen LogP contribution is 2.34. The van der Waals surface area contributed by atoms with Gasteiger partial charge in [-0.3, -0.25) is 0 Å². The predicted molar refractivity (Wildman–Crippen MR) is 83.8 cm³/mol. The molecule has 0 saturated heterocycles. The minimum absolute atomic E-state index is 0.114. The van der Waals surface area contributed by atoms with Crippen LogP contribution in [0.25, 0.3) is 0 Å². The molecule has 1 aromatic rings. The number of hydrogen-bond donors (Lipinski definition) is 0. The van der Waals surface area contributed by atoms with Crippen LogP contribution in [0.5, 0.6) is 0 Å². The lowest BCUT2D eigenvalue weighted by Gasteiger charge is -2.12. The van der Waals surface area contributed by atoms with Crippen molar-refractivity contribution in [3.8, 4) is 0 Å². The molecule has 0 spiro atoms. The molecule has 0 fully saturated rings. The van der Waals surface area contributed by atoms with Crippen LogP contribution in [0.15, 0.2) is 27.1 Å². The first-order valence-electron chi connectivity index (χ1n) is 6.24. The van der Waals surface area contributed by atoms with Gasteiger partial charge >= 0.3 is 0 Å². The molecule has 0 amide bonds. The Morgan fingerprint density at radius 3 is 2.53 bits per heavy atom. The van der Waals surface area contributed by atoms with Gasteiger partial charge in [-0.25, -0.2) is 0 Å². The summed E-state index contributed by atoms with van der Waals surface area (Å²) in [6.07, 6.45) is 7.53. The number of halogens is 3. The third-order valence-corrected chi connectivity index (χ3v) is 4.53. The van der Waals surface area contributed by atoms with Crippen LogP contribution in [0.3, 0.4) is 0 Å². The van der Waals surface area contributed by atoms with Gasteiger partial charge in [-0.15, -0.1) is 11.6 Å². The van der Waals surface area contributed by atoms with Gasteiger partial charge < -0.3 is 0 Å². The molecule has 0 nitrogen and oxygen atoms in total. The number of rotatable bonds is 7. The highest BCUT2D eigenvalue weighted by Gasteiger charge is 2.11. The zero-order valence-electron chi connectivity index (χ0n) is 10.2. The lowest BCUT2D eigenvalue weighted by molar-refractivity contribution is 0.601. The van der Waals surface area contributed by atoms with Crippen molar-refractivity contribution >= 4 is 43.5 Å². The largest absolute Gasteiger partial charge is 0.118 e. The maximum Gasteiger partial charge on any atom is 0.0596 e. The van der Waals surface area contributed by atoms with Gasteiger partial charge in [0.1, 0.15) is 0 Å². The quantitative estimate of drug-likeness (QED) is 0.357. The molecule has 1 aromatic carbocycles. The summed E-state index contributed by atoms with van der Waals surface area (Å²) >= 11 is 13.5. The number of unbranched alkanes of at least 4 members (excludes halogenated alkanes) is 4. The Morgan fingerprint density at radius 2 is 1.82 bits per heavy atom. The van der Waals surface area contributed by atoms with Crippen molar-refractivity contribution in [3.05, 3.63) is 32.7 Å². The second-order valence-electron chi connectivity index (χ2n) is 4.34. The Labute approximate surface area is 126 Å². The lowest BCUT2D eigenvalue weighted by Crippen LogP contribution is -1.93. The van der Waals surface area contributed by atoms with E-state index in [0.29, 0.717) is 0 Å². The van der Waals surface area contributed by atoms with Gasteiger partial charge in [0, 0.05) is 8.95 Å². The summed E-state index contributed by atoms with van der Waals surface area (Å²) in [5, 5.41) is 0.114. The van der Waals surface area contributed by atoms with Gasteiger partial charge in [0.05, 0.1) is 5.38 Å². The summed E-state index contributed by atoms with van der Waals surface area (Å²) in [6, 6.07) is 6.18. The van der Waals surface area contributed by atoms with Crippen molar-refractivity contribution in [3.63, 3.8) is 0 Å². The topological polar surface area (TPSA) is 0 Å². The molecule has 0 radical (unpaired) electrons. The first-order chi connectivity index (χ1) is 8.15. The molecule has 0 N–H and O–H groups in total. The van der Waals surface area contributed by atoms with Crippen LogP contribution in [0.2, 0.25) is 0 Å². The van der Waals surface area contributed by atoms with Crippen molar-refractivity contribution < 1.29 is 0 Å². The van der Waals surface area contributed by atoms with Crippen LogP contribution < -0.4 is 0 Å². The van der Waals surface area contributed by atoms with Crippen LogP contribution in [0.4, 0.5) is 0 Å². The van der Waals surface area contributed by atoms with Crippen LogP contribution in [0.1, 0.15) is 56.4 Å². The Balaban J connectivity index is 2.41. The van der Waals surface area contributed by atoms with E-state index in [2.05, 4.69) is 44.8 Å². The van der Waals surface area contributed by atoms with E-state index in [4.69, 9.17) is 11.6 Å². The predicted octanol–water partition coefficient (Wildman–Crippen LogP) is 6.85. The Bertz CT molecular complexity index is 339. The maximum absolute atomic E-state index is 6.45. The zero-order chi connectivity index (χ0) is 12.7. The fourth-order valence-electron chi connectivity index (χ4n) is 1.84. The molecule has 0 bridgehead atoms. The van der Waals surface area contributed by atoms with Gasteiger partial charge in [0.2, 0.25) is 0 Å². The lowest BCUT2D eigenvalue weighted by atomic mass is 10.0. The third-order valence-electron chi connectivity index (χ3n) is 2.86. The van der Waals surface area contributed by atoms with Crippen LogP contribution in [-0.2, 0) is 0 Å². The van der Waals surface area contributed by atoms with Gasteiger partial charge in [0.15, 0.2) is 0 Å². The molecule has 0 aliphatic carbocycles. The number of benzene rings is 1. The standard InChI is InChI=1S/C14H19Br2Cl/c1-2-3-4-5-6-7-14(17)12-10-11(15)8-9-13(12)16/h8-10,14H,2-7H2,1H3. The molecule has 0 aliphatic rings. The summed E-state index contributed by atoms with van der Waals surface area (Å²) in [4.78, 5) is 0. The van der Waals surface area contributed by atoms with Crippen molar-refractivity contribution in [1.82, 2.24) is 0 Å². The minimum Gasteiger partial charge on any atom is -0.118 e. The van der Waals surface area contributed by atoms with Crippen LogP contribution in [-0.4, -0.2) is 0 Å². The Morgan fingerprint density at radius 1 is 1.12 bits per heavy atom. The summed E-state index contributed by atoms with van der Waals surface area (Å²) in [5.41, 5.74) is 1.19. The first kappa shape index (κ1) is 15.5. The van der Waals surface area contributed by atoms with E-state index in [-0.39, 0.29) is 5.38 Å². The highest BCUT2D eigenvalue weighted by molar-refractivity contribution is 9.11. The van der Waals surface area contributed by atoms with Gasteiger partial charge in [-0.1, -0.05) is 70.9 Å². The average Bonchev–Trinajstić information content (AvgIpc) is 2.32. The second-order valence-corrected chi connectivity index (χ2v) is 6.63. The fraction of sp³-hybridized carbons (Fsp3) is 0.571. The van der Waals surface area contributed by atoms with Crippen molar-refractivity contribution in [1.29, 1.82) is 0 Å². The van der Waals surface area contributed by atoms with E-state index < -0.39 is 0 Å².